The molecule has 0 fully saturated rings. The Bertz CT molecular complexity index is 978. The molecule has 130 valence electrons. The third kappa shape index (κ3) is 3.96. The molecule has 1 N–H and O–H groups in total. The van der Waals surface area contributed by atoms with Gasteiger partial charge in [-0.1, -0.05) is 18.2 Å². The Morgan fingerprint density at radius 3 is 2.56 bits per heavy atom. The number of anilines is 2. The van der Waals surface area contributed by atoms with Crippen LogP contribution >= 0.6 is 47.5 Å². The van der Waals surface area contributed by atoms with Crippen LogP contribution in [0.3, 0.4) is 0 Å². The number of pyridine rings is 1. The molecule has 3 heterocycles. The quantitative estimate of drug-likeness (QED) is 0.412. The van der Waals surface area contributed by atoms with Crippen LogP contribution in [-0.4, -0.2) is 9.97 Å². The molecule has 1 aromatic carbocycles. The Kier molecular flexibility index (Phi) is 6.41. The van der Waals surface area contributed by atoms with Gasteiger partial charge in [0.25, 0.3) is 0 Å². The highest BCUT2D eigenvalue weighted by atomic mass is 35.5. The molecule has 0 aliphatic heterocycles. The van der Waals surface area contributed by atoms with Crippen LogP contribution in [0.5, 0.6) is 0 Å². The van der Waals surface area contributed by atoms with Crippen LogP contribution in [0.1, 0.15) is 10.6 Å². The van der Waals surface area contributed by atoms with E-state index in [4.69, 9.17) is 4.98 Å². The van der Waals surface area contributed by atoms with Crippen molar-refractivity contribution in [2.45, 2.75) is 13.8 Å². The Labute approximate surface area is 167 Å². The number of thiazole rings is 1. The lowest BCUT2D eigenvalue weighted by molar-refractivity contribution is 1.20. The van der Waals surface area contributed by atoms with Crippen molar-refractivity contribution in [2.24, 2.45) is 0 Å². The van der Waals surface area contributed by atoms with Crippen LogP contribution in [0.4, 0.5) is 10.8 Å². The van der Waals surface area contributed by atoms with Crippen molar-refractivity contribution in [3.63, 3.8) is 0 Å². The molecule has 0 amide bonds. The van der Waals surface area contributed by atoms with Crippen LogP contribution in [0.15, 0.2) is 48.0 Å². The molecule has 0 saturated carbocycles. The summed E-state index contributed by atoms with van der Waals surface area (Å²) in [5.74, 6) is 0. The molecule has 7 heteroatoms. The van der Waals surface area contributed by atoms with E-state index in [-0.39, 0.29) is 24.8 Å². The molecule has 0 saturated heterocycles. The van der Waals surface area contributed by atoms with E-state index >= 15 is 0 Å². The third-order valence-electron chi connectivity index (χ3n) is 3.69. The summed E-state index contributed by atoms with van der Waals surface area (Å²) >= 11 is 3.44. The third-order valence-corrected chi connectivity index (χ3v) is 5.54. The van der Waals surface area contributed by atoms with Crippen molar-refractivity contribution >= 4 is 68.4 Å². The second-order valence-electron chi connectivity index (χ2n) is 5.38. The molecule has 4 rings (SSSR count). The standard InChI is InChI=1S/C18H15N3S2.2ClH/c1-11-7-8-13(9-19-11)20-18-21-15(10-22-18)17-12(2)23-16-6-4-3-5-14(16)17;;/h3-10H,1-2H3,(H,20,21);2*1H. The Balaban J connectivity index is 0.00000113. The average Bonchev–Trinajstić information content (AvgIpc) is 3.12. The number of hydrogen-bond donors (Lipinski definition) is 1. The number of fused-ring (bicyclic) bond motifs is 1. The second kappa shape index (κ2) is 8.15. The molecule has 0 spiro atoms. The Hall–Kier alpha value is -1.66. The normalized spacial score (nSPS) is 10.2. The van der Waals surface area contributed by atoms with E-state index in [0.717, 1.165) is 22.2 Å². The molecule has 0 atom stereocenters. The summed E-state index contributed by atoms with van der Waals surface area (Å²) in [7, 11) is 0. The van der Waals surface area contributed by atoms with Gasteiger partial charge in [-0.25, -0.2) is 4.98 Å². The zero-order chi connectivity index (χ0) is 15.8. The van der Waals surface area contributed by atoms with Crippen molar-refractivity contribution < 1.29 is 0 Å². The van der Waals surface area contributed by atoms with Gasteiger partial charge < -0.3 is 5.32 Å². The van der Waals surface area contributed by atoms with Gasteiger partial charge in [0.05, 0.1) is 17.6 Å². The van der Waals surface area contributed by atoms with Crippen molar-refractivity contribution in [3.8, 4) is 11.3 Å². The number of benzene rings is 1. The minimum Gasteiger partial charge on any atom is -0.330 e. The summed E-state index contributed by atoms with van der Waals surface area (Å²) in [6.45, 7) is 4.14. The number of aryl methyl sites for hydroxylation is 2. The predicted molar refractivity (Wildman–Crippen MR) is 114 cm³/mol. The first-order valence-corrected chi connectivity index (χ1v) is 9.04. The zero-order valence-electron chi connectivity index (χ0n) is 13.6. The fourth-order valence-corrected chi connectivity index (χ4v) is 4.39. The average molecular weight is 410 g/mol. The molecule has 0 aliphatic rings. The highest BCUT2D eigenvalue weighted by molar-refractivity contribution is 7.19. The summed E-state index contributed by atoms with van der Waals surface area (Å²) in [4.78, 5) is 10.4. The monoisotopic (exact) mass is 409 g/mol. The van der Waals surface area contributed by atoms with E-state index in [1.54, 1.807) is 11.3 Å². The fourth-order valence-electron chi connectivity index (χ4n) is 2.60. The van der Waals surface area contributed by atoms with Gasteiger partial charge in [0.2, 0.25) is 0 Å². The summed E-state index contributed by atoms with van der Waals surface area (Å²) in [5.41, 5.74) is 4.25. The molecule has 0 aliphatic carbocycles. The maximum atomic E-state index is 4.77. The minimum atomic E-state index is 0. The van der Waals surface area contributed by atoms with Gasteiger partial charge in [0, 0.05) is 31.6 Å². The Morgan fingerprint density at radius 1 is 1.00 bits per heavy atom. The van der Waals surface area contributed by atoms with Crippen molar-refractivity contribution in [2.75, 3.05) is 5.32 Å². The Morgan fingerprint density at radius 2 is 1.80 bits per heavy atom. The first-order chi connectivity index (χ1) is 11.2. The van der Waals surface area contributed by atoms with E-state index < -0.39 is 0 Å². The van der Waals surface area contributed by atoms with Crippen LogP contribution in [0.2, 0.25) is 0 Å². The van der Waals surface area contributed by atoms with Gasteiger partial charge >= 0.3 is 0 Å². The van der Waals surface area contributed by atoms with Crippen molar-refractivity contribution in [3.05, 3.63) is 58.5 Å². The SMILES string of the molecule is Cc1ccc(Nc2nc(-c3c(C)sc4ccccc34)cs2)cn1.Cl.Cl. The van der Waals surface area contributed by atoms with Gasteiger partial charge in [-0.15, -0.1) is 47.5 Å². The van der Waals surface area contributed by atoms with Crippen LogP contribution < -0.4 is 5.32 Å². The molecule has 4 aromatic rings. The predicted octanol–water partition coefficient (Wildman–Crippen LogP) is 6.62. The molecule has 0 radical (unpaired) electrons. The highest BCUT2D eigenvalue weighted by Crippen LogP contribution is 2.39. The first kappa shape index (κ1) is 19.7. The van der Waals surface area contributed by atoms with E-state index in [2.05, 4.69) is 46.9 Å². The number of hydrogen-bond acceptors (Lipinski definition) is 5. The van der Waals surface area contributed by atoms with Gasteiger partial charge in [-0.3, -0.25) is 4.98 Å². The van der Waals surface area contributed by atoms with Gasteiger partial charge in [0.1, 0.15) is 0 Å². The number of aromatic nitrogens is 2. The lowest BCUT2D eigenvalue weighted by atomic mass is 10.1. The van der Waals surface area contributed by atoms with E-state index in [9.17, 15) is 0 Å². The molecule has 0 unspecified atom stereocenters. The largest absolute Gasteiger partial charge is 0.330 e. The van der Waals surface area contributed by atoms with Crippen LogP contribution in [0, 0.1) is 13.8 Å². The topological polar surface area (TPSA) is 37.8 Å². The molecule has 25 heavy (non-hydrogen) atoms. The molecule has 0 bridgehead atoms. The molecular weight excluding hydrogens is 393 g/mol. The summed E-state index contributed by atoms with van der Waals surface area (Å²) in [6, 6.07) is 12.5. The maximum Gasteiger partial charge on any atom is 0.187 e. The maximum absolute atomic E-state index is 4.77. The van der Waals surface area contributed by atoms with E-state index in [1.807, 2.05) is 36.6 Å². The summed E-state index contributed by atoms with van der Waals surface area (Å²) in [5, 5.41) is 7.62. The number of rotatable bonds is 3. The molecule has 3 aromatic heterocycles. The van der Waals surface area contributed by atoms with Crippen molar-refractivity contribution in [1.82, 2.24) is 9.97 Å². The summed E-state index contributed by atoms with van der Waals surface area (Å²) in [6.07, 6.45) is 1.83. The zero-order valence-corrected chi connectivity index (χ0v) is 16.9. The number of halogens is 2. The first-order valence-electron chi connectivity index (χ1n) is 7.34. The highest BCUT2D eigenvalue weighted by Gasteiger charge is 2.14. The molecular formula is C18H17Cl2N3S2. The lowest BCUT2D eigenvalue weighted by Gasteiger charge is -2.02. The second-order valence-corrected chi connectivity index (χ2v) is 7.49. The van der Waals surface area contributed by atoms with Crippen LogP contribution in [0.25, 0.3) is 21.3 Å². The smallest absolute Gasteiger partial charge is 0.187 e. The number of thiophene rings is 1. The fraction of sp³-hybridized carbons (Fsp3) is 0.111. The lowest BCUT2D eigenvalue weighted by Crippen LogP contribution is -1.91. The van der Waals surface area contributed by atoms with E-state index in [1.165, 1.54) is 20.5 Å². The summed E-state index contributed by atoms with van der Waals surface area (Å²) < 4.78 is 1.31. The molecule has 3 nitrogen and oxygen atoms in total. The number of nitrogens with zero attached hydrogens (tertiary/aromatic N) is 2. The van der Waals surface area contributed by atoms with Crippen molar-refractivity contribution in [1.29, 1.82) is 0 Å². The van der Waals surface area contributed by atoms with Gasteiger partial charge in [0.15, 0.2) is 5.13 Å². The minimum absolute atomic E-state index is 0. The van der Waals surface area contributed by atoms with Gasteiger partial charge in [-0.2, -0.15) is 0 Å². The van der Waals surface area contributed by atoms with Gasteiger partial charge in [-0.05, 0) is 32.0 Å². The van der Waals surface area contributed by atoms with Crippen LogP contribution in [-0.2, 0) is 0 Å². The van der Waals surface area contributed by atoms with E-state index in [0.29, 0.717) is 0 Å². The number of nitrogens with one attached hydrogen (secondary N) is 1.